The Morgan fingerprint density at radius 3 is 2.90 bits per heavy atom. The number of anilines is 1. The molecule has 10 heteroatoms. The first-order valence-electron chi connectivity index (χ1n) is 8.51. The van der Waals surface area contributed by atoms with Gasteiger partial charge in [0.15, 0.2) is 5.16 Å². The molecule has 152 valence electrons. The number of rotatable bonds is 8. The highest BCUT2D eigenvalue weighted by Gasteiger charge is 2.21. The first kappa shape index (κ1) is 21.0. The monoisotopic (exact) mass is 437 g/mol. The molecule has 0 aliphatic rings. The van der Waals surface area contributed by atoms with Gasteiger partial charge in [0.05, 0.1) is 16.3 Å². The van der Waals surface area contributed by atoms with Gasteiger partial charge in [-0.1, -0.05) is 30.0 Å². The van der Waals surface area contributed by atoms with Gasteiger partial charge in [0.1, 0.15) is 10.6 Å². The summed E-state index contributed by atoms with van der Waals surface area (Å²) in [5, 5.41) is 4.60. The fraction of sp³-hybridized carbons (Fsp3) is 0.211. The number of aromatic nitrogens is 2. The lowest BCUT2D eigenvalue weighted by molar-refractivity contribution is -0.115. The molecule has 0 aliphatic heterocycles. The SMILES string of the molecule is C=CCn1c(SC(C)C(=O)Nc2ccccc2OC(F)F)nc2sccc2c1=O. The highest BCUT2D eigenvalue weighted by Crippen LogP contribution is 2.28. The van der Waals surface area contributed by atoms with Gasteiger partial charge in [-0.25, -0.2) is 4.98 Å². The predicted octanol–water partition coefficient (Wildman–Crippen LogP) is 4.36. The van der Waals surface area contributed by atoms with Crippen LogP contribution in [0.5, 0.6) is 5.75 Å². The number of allylic oxidation sites excluding steroid dienone is 1. The first-order valence-corrected chi connectivity index (χ1v) is 10.3. The highest BCUT2D eigenvalue weighted by molar-refractivity contribution is 8.00. The standard InChI is InChI=1S/C19H17F2N3O3S2/c1-3-9-24-17(26)12-8-10-28-16(12)23-19(24)29-11(2)15(25)22-13-6-4-5-7-14(13)27-18(20)21/h3-8,10-11,18H,1,9H2,2H3,(H,22,25). The number of halogens is 2. The molecule has 0 radical (unpaired) electrons. The van der Waals surface area contributed by atoms with Crippen LogP contribution in [0.3, 0.4) is 0 Å². The van der Waals surface area contributed by atoms with Gasteiger partial charge in [-0.05, 0) is 30.5 Å². The third-order valence-electron chi connectivity index (χ3n) is 3.87. The normalized spacial score (nSPS) is 12.1. The number of fused-ring (bicyclic) bond motifs is 1. The van der Waals surface area contributed by atoms with Gasteiger partial charge in [-0.2, -0.15) is 8.78 Å². The van der Waals surface area contributed by atoms with E-state index in [2.05, 4.69) is 21.6 Å². The number of thioether (sulfide) groups is 1. The lowest BCUT2D eigenvalue weighted by atomic mass is 10.3. The van der Waals surface area contributed by atoms with E-state index >= 15 is 0 Å². The van der Waals surface area contributed by atoms with Crippen molar-refractivity contribution in [1.82, 2.24) is 9.55 Å². The molecule has 0 saturated heterocycles. The van der Waals surface area contributed by atoms with Crippen LogP contribution < -0.4 is 15.6 Å². The van der Waals surface area contributed by atoms with Crippen molar-refractivity contribution >= 4 is 44.9 Å². The van der Waals surface area contributed by atoms with Crippen molar-refractivity contribution in [1.29, 1.82) is 0 Å². The van der Waals surface area contributed by atoms with Crippen molar-refractivity contribution in [3.05, 3.63) is 58.7 Å². The summed E-state index contributed by atoms with van der Waals surface area (Å²) in [6, 6.07) is 7.64. The molecule has 1 amide bonds. The van der Waals surface area contributed by atoms with Gasteiger partial charge in [-0.15, -0.1) is 17.9 Å². The molecular formula is C19H17F2N3O3S2. The molecule has 1 atom stereocenters. The third kappa shape index (κ3) is 4.83. The molecule has 3 aromatic rings. The van der Waals surface area contributed by atoms with Crippen molar-refractivity contribution in [2.75, 3.05) is 5.32 Å². The molecule has 0 fully saturated rings. The van der Waals surface area contributed by atoms with Crippen LogP contribution >= 0.6 is 23.1 Å². The van der Waals surface area contributed by atoms with Crippen LogP contribution in [0.2, 0.25) is 0 Å². The molecule has 2 aromatic heterocycles. The van der Waals surface area contributed by atoms with Gasteiger partial charge < -0.3 is 10.1 Å². The Morgan fingerprint density at radius 1 is 1.41 bits per heavy atom. The third-order valence-corrected chi connectivity index (χ3v) is 5.77. The van der Waals surface area contributed by atoms with E-state index in [0.717, 1.165) is 11.8 Å². The van der Waals surface area contributed by atoms with Crippen LogP contribution in [0.25, 0.3) is 10.2 Å². The number of benzene rings is 1. The number of hydrogen-bond donors (Lipinski definition) is 1. The van der Waals surface area contributed by atoms with Crippen LogP contribution in [-0.2, 0) is 11.3 Å². The van der Waals surface area contributed by atoms with E-state index in [4.69, 9.17) is 0 Å². The minimum atomic E-state index is -3.00. The number of nitrogens with zero attached hydrogens (tertiary/aromatic N) is 2. The van der Waals surface area contributed by atoms with Gasteiger partial charge in [-0.3, -0.25) is 14.2 Å². The van der Waals surface area contributed by atoms with Crippen molar-refractivity contribution in [2.45, 2.75) is 30.5 Å². The summed E-state index contributed by atoms with van der Waals surface area (Å²) in [7, 11) is 0. The van der Waals surface area contributed by atoms with E-state index < -0.39 is 17.8 Å². The summed E-state index contributed by atoms with van der Waals surface area (Å²) in [6.45, 7) is 2.54. The van der Waals surface area contributed by atoms with Crippen molar-refractivity contribution < 1.29 is 18.3 Å². The van der Waals surface area contributed by atoms with Gasteiger partial charge in [0.2, 0.25) is 5.91 Å². The molecule has 0 saturated carbocycles. The number of thiophene rings is 1. The fourth-order valence-corrected chi connectivity index (χ4v) is 4.25. The smallest absolute Gasteiger partial charge is 0.387 e. The zero-order chi connectivity index (χ0) is 21.0. The maximum absolute atomic E-state index is 12.7. The Morgan fingerprint density at radius 2 is 2.17 bits per heavy atom. The Kier molecular flexibility index (Phi) is 6.65. The van der Waals surface area contributed by atoms with Gasteiger partial charge >= 0.3 is 6.61 Å². The minimum Gasteiger partial charge on any atom is -0.433 e. The summed E-state index contributed by atoms with van der Waals surface area (Å²) in [4.78, 5) is 30.4. The van der Waals surface area contributed by atoms with E-state index in [0.29, 0.717) is 15.4 Å². The second-order valence-corrected chi connectivity index (χ2v) is 8.06. The minimum absolute atomic E-state index is 0.130. The molecule has 29 heavy (non-hydrogen) atoms. The topological polar surface area (TPSA) is 73.2 Å². The average molecular weight is 437 g/mol. The molecule has 6 nitrogen and oxygen atoms in total. The molecule has 0 spiro atoms. The Bertz CT molecular complexity index is 1100. The van der Waals surface area contributed by atoms with E-state index in [-0.39, 0.29) is 23.5 Å². The number of ether oxygens (including phenoxy) is 1. The molecular weight excluding hydrogens is 420 g/mol. The van der Waals surface area contributed by atoms with E-state index in [1.165, 1.54) is 34.1 Å². The molecule has 2 heterocycles. The zero-order valence-corrected chi connectivity index (χ0v) is 16.9. The van der Waals surface area contributed by atoms with Crippen LogP contribution in [0, 0.1) is 0 Å². The molecule has 0 bridgehead atoms. The molecule has 0 aliphatic carbocycles. The second kappa shape index (κ2) is 9.19. The Hall–Kier alpha value is -2.72. The number of amides is 1. The van der Waals surface area contributed by atoms with Crippen LogP contribution in [0.4, 0.5) is 14.5 Å². The number of carbonyl (C=O) groups is 1. The van der Waals surface area contributed by atoms with Crippen LogP contribution in [0.15, 0.2) is 58.3 Å². The summed E-state index contributed by atoms with van der Waals surface area (Å²) in [6.07, 6.45) is 1.58. The molecule has 1 aromatic carbocycles. The van der Waals surface area contributed by atoms with Gasteiger partial charge in [0.25, 0.3) is 5.56 Å². The summed E-state index contributed by atoms with van der Waals surface area (Å²) in [5.74, 6) is -0.569. The van der Waals surface area contributed by atoms with E-state index in [1.54, 1.807) is 30.5 Å². The van der Waals surface area contributed by atoms with Crippen molar-refractivity contribution in [3.8, 4) is 5.75 Å². The van der Waals surface area contributed by atoms with E-state index in [1.807, 2.05) is 0 Å². The largest absolute Gasteiger partial charge is 0.433 e. The highest BCUT2D eigenvalue weighted by atomic mass is 32.2. The van der Waals surface area contributed by atoms with Crippen LogP contribution in [-0.4, -0.2) is 27.3 Å². The quantitative estimate of drug-likeness (QED) is 0.322. The second-order valence-electron chi connectivity index (χ2n) is 5.86. The number of para-hydroxylation sites is 2. The fourth-order valence-electron chi connectivity index (χ4n) is 2.52. The summed E-state index contributed by atoms with van der Waals surface area (Å²) >= 11 is 2.44. The zero-order valence-electron chi connectivity index (χ0n) is 15.3. The van der Waals surface area contributed by atoms with Gasteiger partial charge in [0, 0.05) is 6.54 Å². The summed E-state index contributed by atoms with van der Waals surface area (Å²) < 4.78 is 31.0. The number of hydrogen-bond acceptors (Lipinski definition) is 6. The van der Waals surface area contributed by atoms with Crippen molar-refractivity contribution in [3.63, 3.8) is 0 Å². The lowest BCUT2D eigenvalue weighted by Gasteiger charge is -2.16. The first-order chi connectivity index (χ1) is 13.9. The number of carbonyl (C=O) groups excluding carboxylic acids is 1. The Labute approximate surface area is 173 Å². The Balaban J connectivity index is 1.83. The van der Waals surface area contributed by atoms with E-state index in [9.17, 15) is 18.4 Å². The molecule has 1 unspecified atom stereocenters. The number of alkyl halides is 2. The lowest BCUT2D eigenvalue weighted by Crippen LogP contribution is -2.26. The number of nitrogens with one attached hydrogen (secondary N) is 1. The maximum atomic E-state index is 12.7. The molecule has 1 N–H and O–H groups in total. The molecule has 3 rings (SSSR count). The predicted molar refractivity (Wildman–Crippen MR) is 111 cm³/mol. The van der Waals surface area contributed by atoms with Crippen LogP contribution in [0.1, 0.15) is 6.92 Å². The summed E-state index contributed by atoms with van der Waals surface area (Å²) in [5.41, 5.74) is -0.0719. The average Bonchev–Trinajstić information content (AvgIpc) is 3.14. The maximum Gasteiger partial charge on any atom is 0.387 e. The van der Waals surface area contributed by atoms with Crippen molar-refractivity contribution in [2.24, 2.45) is 0 Å².